The molecule has 7 heteroatoms. The van der Waals surface area contributed by atoms with Gasteiger partial charge in [0.2, 0.25) is 5.91 Å². The van der Waals surface area contributed by atoms with E-state index in [2.05, 4.69) is 10.6 Å². The van der Waals surface area contributed by atoms with Crippen LogP contribution in [0.15, 0.2) is 42.5 Å². The van der Waals surface area contributed by atoms with Crippen molar-refractivity contribution in [2.24, 2.45) is 0 Å². The molecule has 0 bridgehead atoms. The highest BCUT2D eigenvalue weighted by molar-refractivity contribution is 5.93. The van der Waals surface area contributed by atoms with Crippen LogP contribution < -0.4 is 10.6 Å². The van der Waals surface area contributed by atoms with Gasteiger partial charge in [0.05, 0.1) is 17.9 Å². The normalized spacial score (nSPS) is 10.2. The smallest absolute Gasteiger partial charge is 0.338 e. The van der Waals surface area contributed by atoms with Crippen LogP contribution in [-0.4, -0.2) is 25.0 Å². The Hall–Kier alpha value is -2.96. The molecule has 0 radical (unpaired) electrons. The van der Waals surface area contributed by atoms with Gasteiger partial charge < -0.3 is 15.4 Å². The highest BCUT2D eigenvalue weighted by Gasteiger charge is 2.08. The van der Waals surface area contributed by atoms with Crippen LogP contribution in [0.1, 0.15) is 23.7 Å². The number of benzene rings is 2. The maximum Gasteiger partial charge on any atom is 0.338 e. The number of halogens is 2. The number of hydrogen-bond acceptors (Lipinski definition) is 4. The lowest BCUT2D eigenvalue weighted by molar-refractivity contribution is -0.115. The van der Waals surface area contributed by atoms with E-state index in [1.54, 1.807) is 31.2 Å². The van der Waals surface area contributed by atoms with Crippen LogP contribution in [0.3, 0.4) is 0 Å². The van der Waals surface area contributed by atoms with E-state index >= 15 is 0 Å². The minimum Gasteiger partial charge on any atom is -0.462 e. The first-order valence-corrected chi connectivity index (χ1v) is 7.75. The zero-order valence-electron chi connectivity index (χ0n) is 13.6. The molecule has 25 heavy (non-hydrogen) atoms. The number of carbonyl (C=O) groups is 2. The summed E-state index contributed by atoms with van der Waals surface area (Å²) in [5, 5.41) is 5.40. The maximum atomic E-state index is 13.4. The number of rotatable bonds is 7. The lowest BCUT2D eigenvalue weighted by Gasteiger charge is -2.09. The lowest BCUT2D eigenvalue weighted by atomic mass is 10.2. The molecule has 0 saturated heterocycles. The molecule has 0 aromatic heterocycles. The van der Waals surface area contributed by atoms with Crippen molar-refractivity contribution in [3.05, 3.63) is 59.7 Å². The van der Waals surface area contributed by atoms with E-state index in [0.717, 1.165) is 12.1 Å². The second kappa shape index (κ2) is 8.77. The van der Waals surface area contributed by atoms with Crippen molar-refractivity contribution in [3.8, 4) is 0 Å². The molecular formula is C18H18F2N2O3. The van der Waals surface area contributed by atoms with E-state index in [1.807, 2.05) is 0 Å². The number of carbonyl (C=O) groups excluding carboxylic acids is 2. The Labute approximate surface area is 144 Å². The summed E-state index contributed by atoms with van der Waals surface area (Å²) in [5.74, 6) is -2.08. The molecule has 0 fully saturated rings. The predicted molar refractivity (Wildman–Crippen MR) is 90.5 cm³/mol. The molecule has 2 aromatic rings. The van der Waals surface area contributed by atoms with Crippen LogP contribution in [0.2, 0.25) is 0 Å². The van der Waals surface area contributed by atoms with Crippen molar-refractivity contribution in [1.82, 2.24) is 0 Å². The lowest BCUT2D eigenvalue weighted by Crippen LogP contribution is -2.16. The van der Waals surface area contributed by atoms with E-state index in [-0.39, 0.29) is 24.6 Å². The quantitative estimate of drug-likeness (QED) is 0.751. The Bertz CT molecular complexity index is 748. The molecule has 0 saturated carbocycles. The molecule has 132 valence electrons. The van der Waals surface area contributed by atoms with Gasteiger partial charge in [-0.3, -0.25) is 4.79 Å². The molecule has 0 unspecified atom stereocenters. The minimum atomic E-state index is -0.713. The first-order valence-electron chi connectivity index (χ1n) is 7.75. The van der Waals surface area contributed by atoms with Gasteiger partial charge in [-0.2, -0.15) is 0 Å². The first-order chi connectivity index (χ1) is 12.0. The average molecular weight is 348 g/mol. The van der Waals surface area contributed by atoms with Crippen molar-refractivity contribution >= 4 is 23.3 Å². The fourth-order valence-corrected chi connectivity index (χ4v) is 2.07. The van der Waals surface area contributed by atoms with Crippen molar-refractivity contribution in [3.63, 3.8) is 0 Å². The van der Waals surface area contributed by atoms with Gasteiger partial charge in [-0.1, -0.05) is 0 Å². The van der Waals surface area contributed by atoms with Gasteiger partial charge in [0, 0.05) is 24.7 Å². The highest BCUT2D eigenvalue weighted by Crippen LogP contribution is 2.15. The topological polar surface area (TPSA) is 67.4 Å². The number of amides is 1. The summed E-state index contributed by atoms with van der Waals surface area (Å²) in [5.41, 5.74) is 1.06. The number of esters is 1. The van der Waals surface area contributed by atoms with Crippen molar-refractivity contribution in [2.75, 3.05) is 23.8 Å². The van der Waals surface area contributed by atoms with Crippen LogP contribution in [0.4, 0.5) is 20.2 Å². The Morgan fingerprint density at radius 1 is 1.08 bits per heavy atom. The zero-order valence-corrected chi connectivity index (χ0v) is 13.6. The summed E-state index contributed by atoms with van der Waals surface area (Å²) >= 11 is 0. The number of ether oxygens (including phenoxy) is 1. The van der Waals surface area contributed by atoms with Crippen LogP contribution in [-0.2, 0) is 9.53 Å². The fraction of sp³-hybridized carbons (Fsp3) is 0.222. The summed E-state index contributed by atoms with van der Waals surface area (Å²) in [7, 11) is 0. The molecule has 0 atom stereocenters. The maximum absolute atomic E-state index is 13.4. The average Bonchev–Trinajstić information content (AvgIpc) is 2.57. The molecule has 0 aliphatic carbocycles. The van der Waals surface area contributed by atoms with Gasteiger partial charge in [-0.25, -0.2) is 13.6 Å². The molecule has 1 amide bonds. The van der Waals surface area contributed by atoms with Gasteiger partial charge >= 0.3 is 5.97 Å². The summed E-state index contributed by atoms with van der Waals surface area (Å²) in [6.07, 6.45) is 0.0937. The molecule has 5 nitrogen and oxygen atoms in total. The van der Waals surface area contributed by atoms with Gasteiger partial charge in [0.1, 0.15) is 11.6 Å². The highest BCUT2D eigenvalue weighted by atomic mass is 19.1. The monoisotopic (exact) mass is 348 g/mol. The number of nitrogens with one attached hydrogen (secondary N) is 2. The van der Waals surface area contributed by atoms with Crippen molar-refractivity contribution < 1.29 is 23.1 Å². The van der Waals surface area contributed by atoms with Crippen molar-refractivity contribution in [1.29, 1.82) is 0 Å². The fourth-order valence-electron chi connectivity index (χ4n) is 2.07. The molecule has 0 aliphatic rings. The number of hydrogen-bond donors (Lipinski definition) is 2. The third-order valence-corrected chi connectivity index (χ3v) is 3.28. The molecule has 0 spiro atoms. The Morgan fingerprint density at radius 2 is 1.80 bits per heavy atom. The van der Waals surface area contributed by atoms with E-state index in [4.69, 9.17) is 4.74 Å². The van der Waals surface area contributed by atoms with Crippen LogP contribution in [0.5, 0.6) is 0 Å². The first kappa shape index (κ1) is 18.4. The third kappa shape index (κ3) is 5.56. The summed E-state index contributed by atoms with van der Waals surface area (Å²) in [6.45, 7) is 2.20. The predicted octanol–water partition coefficient (Wildman–Crippen LogP) is 3.58. The van der Waals surface area contributed by atoms with E-state index in [0.29, 0.717) is 17.9 Å². The van der Waals surface area contributed by atoms with Gasteiger partial charge in [0.25, 0.3) is 0 Å². The van der Waals surface area contributed by atoms with Gasteiger partial charge in [-0.15, -0.1) is 0 Å². The van der Waals surface area contributed by atoms with Crippen molar-refractivity contribution in [2.45, 2.75) is 13.3 Å². The van der Waals surface area contributed by atoms with E-state index in [1.165, 1.54) is 6.07 Å². The molecule has 2 rings (SSSR count). The molecule has 0 aliphatic heterocycles. The third-order valence-electron chi connectivity index (χ3n) is 3.28. The summed E-state index contributed by atoms with van der Waals surface area (Å²) in [4.78, 5) is 23.4. The summed E-state index contributed by atoms with van der Waals surface area (Å²) < 4.78 is 31.1. The molecule has 0 heterocycles. The summed E-state index contributed by atoms with van der Waals surface area (Å²) in [6, 6.07) is 9.48. The minimum absolute atomic E-state index is 0.0937. The molecule has 2 aromatic carbocycles. The van der Waals surface area contributed by atoms with E-state index in [9.17, 15) is 18.4 Å². The number of anilines is 2. The van der Waals surface area contributed by atoms with Crippen LogP contribution in [0.25, 0.3) is 0 Å². The van der Waals surface area contributed by atoms with Gasteiger partial charge in [0.15, 0.2) is 0 Å². The Kier molecular flexibility index (Phi) is 6.45. The molecule has 2 N–H and O–H groups in total. The van der Waals surface area contributed by atoms with E-state index < -0.39 is 17.6 Å². The van der Waals surface area contributed by atoms with Gasteiger partial charge in [-0.05, 0) is 43.3 Å². The molecular weight excluding hydrogens is 330 g/mol. The van der Waals surface area contributed by atoms with Crippen LogP contribution >= 0.6 is 0 Å². The largest absolute Gasteiger partial charge is 0.462 e. The standard InChI is InChI=1S/C18H18F2N2O3/c1-2-25-18(24)12-3-6-14(7-4-12)22-17(23)9-10-21-16-8-5-13(19)11-15(16)20/h3-8,11,21H,2,9-10H2,1H3,(H,22,23). The Morgan fingerprint density at radius 3 is 2.44 bits per heavy atom. The SMILES string of the molecule is CCOC(=O)c1ccc(NC(=O)CCNc2ccc(F)cc2F)cc1. The second-order valence-corrected chi connectivity index (χ2v) is 5.15. The Balaban J connectivity index is 1.81. The second-order valence-electron chi connectivity index (χ2n) is 5.15. The zero-order chi connectivity index (χ0) is 18.2. The van der Waals surface area contributed by atoms with Crippen LogP contribution in [0, 0.1) is 11.6 Å².